The molecule has 24 heavy (non-hydrogen) atoms. The van der Waals surface area contributed by atoms with E-state index in [-0.39, 0.29) is 24.3 Å². The number of nitrogens with one attached hydrogen (secondary N) is 1. The largest absolute Gasteiger partial charge is 0.416 e. The molecule has 1 aliphatic carbocycles. The fourth-order valence-corrected chi connectivity index (χ4v) is 2.71. The second kappa shape index (κ2) is 6.58. The zero-order chi connectivity index (χ0) is 17.2. The quantitative estimate of drug-likeness (QED) is 0.928. The summed E-state index contributed by atoms with van der Waals surface area (Å²) in [5.74, 6) is -0.0179. The maximum atomic E-state index is 12.5. The van der Waals surface area contributed by atoms with Gasteiger partial charge in [-0.15, -0.1) is 10.2 Å². The van der Waals surface area contributed by atoms with Gasteiger partial charge in [0, 0.05) is 11.6 Å². The van der Waals surface area contributed by atoms with Gasteiger partial charge >= 0.3 is 6.18 Å². The smallest absolute Gasteiger partial charge is 0.352 e. The molecule has 1 saturated carbocycles. The second-order valence-corrected chi connectivity index (χ2v) is 5.77. The molecule has 1 fully saturated rings. The second-order valence-electron chi connectivity index (χ2n) is 5.77. The number of hydrogen-bond acceptors (Lipinski definition) is 4. The first kappa shape index (κ1) is 16.4. The molecule has 1 N–H and O–H groups in total. The Morgan fingerprint density at radius 1 is 1.21 bits per heavy atom. The monoisotopic (exact) mass is 339 g/mol. The van der Waals surface area contributed by atoms with Crippen LogP contribution in [0, 0.1) is 0 Å². The van der Waals surface area contributed by atoms with Gasteiger partial charge in [-0.25, -0.2) is 0 Å². The topological polar surface area (TPSA) is 72.7 Å². The Balaban J connectivity index is 1.63. The van der Waals surface area contributed by atoms with Crippen molar-refractivity contribution in [2.45, 2.75) is 44.4 Å². The minimum absolute atomic E-state index is 0.0653. The Morgan fingerprint density at radius 3 is 2.50 bits per heavy atom. The molecule has 1 amide bonds. The fraction of sp³-hybridized carbons (Fsp3) is 0.467. The molecular formula is C15H16F3N5O. The van der Waals surface area contributed by atoms with Crippen LogP contribution in [0.25, 0.3) is 11.4 Å². The number of rotatable bonds is 4. The molecule has 128 valence electrons. The minimum atomic E-state index is -4.39. The first-order valence-corrected chi connectivity index (χ1v) is 7.66. The van der Waals surface area contributed by atoms with Crippen LogP contribution in [0.4, 0.5) is 13.2 Å². The summed E-state index contributed by atoms with van der Waals surface area (Å²) >= 11 is 0. The standard InChI is InChI=1S/C15H16F3N5O/c16-15(17,18)11-7-5-10(6-8-11)14-20-22-23(21-14)9-13(24)19-12-3-1-2-4-12/h5-8,12H,1-4,9H2,(H,19,24). The third kappa shape index (κ3) is 3.90. The van der Waals surface area contributed by atoms with E-state index in [4.69, 9.17) is 0 Å². The molecule has 6 nitrogen and oxygen atoms in total. The lowest BCUT2D eigenvalue weighted by atomic mass is 10.1. The molecule has 9 heteroatoms. The molecule has 0 atom stereocenters. The minimum Gasteiger partial charge on any atom is -0.352 e. The molecule has 0 bridgehead atoms. The SMILES string of the molecule is O=C(Cn1nnc(-c2ccc(C(F)(F)F)cc2)n1)NC1CCCC1. The van der Waals surface area contributed by atoms with Crippen molar-refractivity contribution in [1.82, 2.24) is 25.5 Å². The normalized spacial score (nSPS) is 15.6. The molecule has 0 radical (unpaired) electrons. The van der Waals surface area contributed by atoms with Gasteiger partial charge in [-0.1, -0.05) is 25.0 Å². The number of carbonyl (C=O) groups excluding carboxylic acids is 1. The van der Waals surface area contributed by atoms with Crippen molar-refractivity contribution in [3.63, 3.8) is 0 Å². The highest BCUT2D eigenvalue weighted by Crippen LogP contribution is 2.30. The zero-order valence-electron chi connectivity index (χ0n) is 12.8. The molecule has 1 aromatic carbocycles. The summed E-state index contributed by atoms with van der Waals surface area (Å²) in [5.41, 5.74) is -0.333. The van der Waals surface area contributed by atoms with E-state index in [0.29, 0.717) is 5.56 Å². The van der Waals surface area contributed by atoms with Crippen molar-refractivity contribution in [2.24, 2.45) is 0 Å². The number of benzene rings is 1. The van der Waals surface area contributed by atoms with Crippen molar-refractivity contribution in [3.05, 3.63) is 29.8 Å². The molecule has 1 aliphatic rings. The van der Waals surface area contributed by atoms with E-state index in [1.165, 1.54) is 12.1 Å². The highest BCUT2D eigenvalue weighted by molar-refractivity contribution is 5.75. The summed E-state index contributed by atoms with van der Waals surface area (Å²) in [6.45, 7) is -0.0653. The van der Waals surface area contributed by atoms with Crippen molar-refractivity contribution < 1.29 is 18.0 Å². The van der Waals surface area contributed by atoms with Crippen molar-refractivity contribution in [2.75, 3.05) is 0 Å². The summed E-state index contributed by atoms with van der Waals surface area (Å²) in [6.07, 6.45) is -0.197. The van der Waals surface area contributed by atoms with Gasteiger partial charge in [0.25, 0.3) is 0 Å². The Hall–Kier alpha value is -2.45. The zero-order valence-corrected chi connectivity index (χ0v) is 12.8. The lowest BCUT2D eigenvalue weighted by Crippen LogP contribution is -2.35. The molecule has 0 aliphatic heterocycles. The number of amides is 1. The van der Waals surface area contributed by atoms with Gasteiger partial charge in [0.05, 0.1) is 5.56 Å². The van der Waals surface area contributed by atoms with Gasteiger partial charge in [0.1, 0.15) is 6.54 Å². The lowest BCUT2D eigenvalue weighted by Gasteiger charge is -2.10. The van der Waals surface area contributed by atoms with Gasteiger partial charge in [0.2, 0.25) is 11.7 Å². The molecule has 3 rings (SSSR count). The predicted octanol–water partition coefficient (Wildman–Crippen LogP) is 2.42. The Labute approximate surface area is 136 Å². The van der Waals surface area contributed by atoms with E-state index in [2.05, 4.69) is 20.7 Å². The van der Waals surface area contributed by atoms with E-state index in [1.54, 1.807) is 0 Å². The molecule has 0 unspecified atom stereocenters. The van der Waals surface area contributed by atoms with Crippen LogP contribution in [0.5, 0.6) is 0 Å². The molecule has 0 saturated heterocycles. The molecule has 0 spiro atoms. The summed E-state index contributed by atoms with van der Waals surface area (Å²) in [7, 11) is 0. The third-order valence-corrected chi connectivity index (χ3v) is 3.93. The maximum Gasteiger partial charge on any atom is 0.416 e. The van der Waals surface area contributed by atoms with E-state index in [0.717, 1.165) is 42.6 Å². The Morgan fingerprint density at radius 2 is 1.88 bits per heavy atom. The summed E-state index contributed by atoms with van der Waals surface area (Å²) in [5, 5.41) is 14.5. The van der Waals surface area contributed by atoms with Gasteiger partial charge in [-0.3, -0.25) is 4.79 Å². The number of halogens is 3. The van der Waals surface area contributed by atoms with E-state index in [1.807, 2.05) is 0 Å². The number of hydrogen-bond donors (Lipinski definition) is 1. The van der Waals surface area contributed by atoms with Crippen LogP contribution in [0.3, 0.4) is 0 Å². The lowest BCUT2D eigenvalue weighted by molar-refractivity contribution is -0.137. The van der Waals surface area contributed by atoms with Crippen LogP contribution in [0.1, 0.15) is 31.2 Å². The first-order valence-electron chi connectivity index (χ1n) is 7.66. The van der Waals surface area contributed by atoms with Crippen LogP contribution < -0.4 is 5.32 Å². The molecule has 2 aromatic rings. The maximum absolute atomic E-state index is 12.5. The average Bonchev–Trinajstić information content (AvgIpc) is 3.18. The highest BCUT2D eigenvalue weighted by Gasteiger charge is 2.30. The van der Waals surface area contributed by atoms with Crippen LogP contribution >= 0.6 is 0 Å². The molecular weight excluding hydrogens is 323 g/mol. The number of carbonyl (C=O) groups is 1. The van der Waals surface area contributed by atoms with Gasteiger partial charge < -0.3 is 5.32 Å². The molecule has 1 aromatic heterocycles. The third-order valence-electron chi connectivity index (χ3n) is 3.93. The first-order chi connectivity index (χ1) is 11.4. The number of nitrogens with zero attached hydrogens (tertiary/aromatic N) is 4. The number of tetrazole rings is 1. The van der Waals surface area contributed by atoms with Crippen LogP contribution in [0.2, 0.25) is 0 Å². The van der Waals surface area contributed by atoms with Crippen LogP contribution in [0.15, 0.2) is 24.3 Å². The van der Waals surface area contributed by atoms with E-state index >= 15 is 0 Å². The van der Waals surface area contributed by atoms with E-state index < -0.39 is 11.7 Å². The number of alkyl halides is 3. The van der Waals surface area contributed by atoms with Gasteiger partial charge in [-0.2, -0.15) is 18.0 Å². The van der Waals surface area contributed by atoms with Crippen LogP contribution in [-0.4, -0.2) is 32.2 Å². The van der Waals surface area contributed by atoms with Crippen molar-refractivity contribution >= 4 is 5.91 Å². The summed E-state index contributed by atoms with van der Waals surface area (Å²) < 4.78 is 37.6. The Bertz CT molecular complexity index is 705. The van der Waals surface area contributed by atoms with E-state index in [9.17, 15) is 18.0 Å². The van der Waals surface area contributed by atoms with Gasteiger partial charge in [0.15, 0.2) is 0 Å². The van der Waals surface area contributed by atoms with Crippen molar-refractivity contribution in [3.8, 4) is 11.4 Å². The summed E-state index contributed by atoms with van der Waals surface area (Å²) in [4.78, 5) is 13.0. The average molecular weight is 339 g/mol. The van der Waals surface area contributed by atoms with Crippen LogP contribution in [-0.2, 0) is 17.5 Å². The molecule has 1 heterocycles. The van der Waals surface area contributed by atoms with Gasteiger partial charge in [-0.05, 0) is 30.2 Å². The Kier molecular flexibility index (Phi) is 4.50. The van der Waals surface area contributed by atoms with Crippen molar-refractivity contribution in [1.29, 1.82) is 0 Å². The number of aromatic nitrogens is 4. The fourth-order valence-electron chi connectivity index (χ4n) is 2.71. The highest BCUT2D eigenvalue weighted by atomic mass is 19.4. The predicted molar refractivity (Wildman–Crippen MR) is 78.7 cm³/mol. The summed E-state index contributed by atoms with van der Waals surface area (Å²) in [6, 6.07) is 4.69.